The van der Waals surface area contributed by atoms with Gasteiger partial charge in [-0.2, -0.15) is 0 Å². The Kier molecular flexibility index (Phi) is 6.03. The summed E-state index contributed by atoms with van der Waals surface area (Å²) in [6.45, 7) is 5.89. The minimum absolute atomic E-state index is 0.0903. The number of aryl methyl sites for hydroxylation is 1. The molecule has 1 rings (SSSR count). The number of carbonyl (C=O) groups is 2. The van der Waals surface area contributed by atoms with Gasteiger partial charge in [-0.25, -0.2) is 4.79 Å². The molecule has 0 fully saturated rings. The van der Waals surface area contributed by atoms with Gasteiger partial charge >= 0.3 is 12.0 Å². The van der Waals surface area contributed by atoms with E-state index in [2.05, 4.69) is 10.6 Å². The molecule has 3 N–H and O–H groups in total. The first-order valence-corrected chi connectivity index (χ1v) is 6.74. The van der Waals surface area contributed by atoms with Crippen molar-refractivity contribution in [2.24, 2.45) is 5.92 Å². The van der Waals surface area contributed by atoms with Gasteiger partial charge in [0.25, 0.3) is 0 Å². The summed E-state index contributed by atoms with van der Waals surface area (Å²) in [4.78, 5) is 22.3. The minimum Gasteiger partial charge on any atom is -0.481 e. The highest BCUT2D eigenvalue weighted by Crippen LogP contribution is 2.12. The lowest BCUT2D eigenvalue weighted by Gasteiger charge is -2.15. The largest absolute Gasteiger partial charge is 0.481 e. The molecule has 0 saturated carbocycles. The third kappa shape index (κ3) is 5.30. The maximum absolute atomic E-state index is 11.7. The van der Waals surface area contributed by atoms with Crippen LogP contribution in [0.25, 0.3) is 0 Å². The van der Waals surface area contributed by atoms with Crippen molar-refractivity contribution in [2.75, 3.05) is 6.54 Å². The molecule has 0 radical (unpaired) electrons. The average molecular weight is 278 g/mol. The van der Waals surface area contributed by atoms with E-state index in [1.807, 2.05) is 38.1 Å². The van der Waals surface area contributed by atoms with Crippen molar-refractivity contribution < 1.29 is 14.7 Å². The van der Waals surface area contributed by atoms with E-state index in [0.29, 0.717) is 13.0 Å². The van der Waals surface area contributed by atoms with E-state index < -0.39 is 11.9 Å². The second kappa shape index (κ2) is 7.53. The lowest BCUT2D eigenvalue weighted by Crippen LogP contribution is -2.38. The highest BCUT2D eigenvalue weighted by atomic mass is 16.4. The molecule has 5 nitrogen and oxygen atoms in total. The molecule has 0 aliphatic carbocycles. The van der Waals surface area contributed by atoms with Crippen molar-refractivity contribution in [1.82, 2.24) is 10.6 Å². The van der Waals surface area contributed by atoms with Gasteiger partial charge in [0.1, 0.15) is 0 Å². The molecule has 0 aliphatic heterocycles. The molecule has 2 amide bonds. The molecule has 1 aromatic carbocycles. The van der Waals surface area contributed by atoms with Gasteiger partial charge < -0.3 is 15.7 Å². The van der Waals surface area contributed by atoms with Gasteiger partial charge in [0.2, 0.25) is 0 Å². The molecule has 0 aromatic heterocycles. The van der Waals surface area contributed by atoms with Gasteiger partial charge in [0.15, 0.2) is 0 Å². The summed E-state index contributed by atoms with van der Waals surface area (Å²) in [5.41, 5.74) is 2.21. The van der Waals surface area contributed by atoms with Crippen molar-refractivity contribution in [2.45, 2.75) is 33.2 Å². The maximum atomic E-state index is 11.7. The summed E-state index contributed by atoms with van der Waals surface area (Å²) in [5.74, 6) is -1.30. The molecule has 5 heteroatoms. The molecule has 2 unspecified atom stereocenters. The van der Waals surface area contributed by atoms with Crippen molar-refractivity contribution in [3.63, 3.8) is 0 Å². The Hall–Kier alpha value is -2.04. The zero-order chi connectivity index (χ0) is 15.1. The number of rotatable bonds is 6. The van der Waals surface area contributed by atoms with Crippen LogP contribution in [0.1, 0.15) is 37.4 Å². The molecule has 20 heavy (non-hydrogen) atoms. The van der Waals surface area contributed by atoms with Crippen LogP contribution in [-0.2, 0) is 4.79 Å². The third-order valence-corrected chi connectivity index (χ3v) is 3.21. The van der Waals surface area contributed by atoms with E-state index in [-0.39, 0.29) is 12.1 Å². The van der Waals surface area contributed by atoms with Gasteiger partial charge in [-0.3, -0.25) is 4.79 Å². The van der Waals surface area contributed by atoms with Crippen LogP contribution >= 0.6 is 0 Å². The summed E-state index contributed by atoms with van der Waals surface area (Å²) in [6, 6.07) is 7.59. The topological polar surface area (TPSA) is 78.4 Å². The molecular formula is C15H22N2O3. The number of nitrogens with one attached hydrogen (secondary N) is 2. The number of benzene rings is 1. The zero-order valence-corrected chi connectivity index (χ0v) is 12.1. The molecule has 0 spiro atoms. The van der Waals surface area contributed by atoms with Gasteiger partial charge in [0, 0.05) is 6.54 Å². The SMILES string of the molecule is Cc1ccc(C(C)NC(=O)NCCC(C)C(=O)O)cc1. The number of urea groups is 1. The van der Waals surface area contributed by atoms with Crippen LogP contribution in [0.3, 0.4) is 0 Å². The number of carboxylic acid groups (broad SMARTS) is 1. The normalized spacial score (nSPS) is 13.3. The van der Waals surface area contributed by atoms with Gasteiger partial charge in [-0.05, 0) is 25.8 Å². The number of carbonyl (C=O) groups excluding carboxylic acids is 1. The standard InChI is InChI=1S/C15H22N2O3/c1-10-4-6-13(7-5-10)12(3)17-15(20)16-9-8-11(2)14(18)19/h4-7,11-12H,8-9H2,1-3H3,(H,18,19)(H2,16,17,20). The Labute approximate surface area is 119 Å². The molecule has 1 aromatic rings. The summed E-state index contributed by atoms with van der Waals surface area (Å²) >= 11 is 0. The first-order chi connectivity index (χ1) is 9.40. The minimum atomic E-state index is -0.847. The highest BCUT2D eigenvalue weighted by molar-refractivity contribution is 5.74. The first kappa shape index (κ1) is 16.0. The predicted molar refractivity (Wildman–Crippen MR) is 77.5 cm³/mol. The molecular weight excluding hydrogens is 256 g/mol. The van der Waals surface area contributed by atoms with Crippen LogP contribution in [-0.4, -0.2) is 23.7 Å². The van der Waals surface area contributed by atoms with E-state index in [1.165, 1.54) is 5.56 Å². The fourth-order valence-corrected chi connectivity index (χ4v) is 1.71. The number of hydrogen-bond donors (Lipinski definition) is 3. The van der Waals surface area contributed by atoms with Crippen LogP contribution < -0.4 is 10.6 Å². The van der Waals surface area contributed by atoms with E-state index in [0.717, 1.165) is 5.56 Å². The second-order valence-electron chi connectivity index (χ2n) is 5.06. The predicted octanol–water partition coefficient (Wildman–Crippen LogP) is 2.47. The van der Waals surface area contributed by atoms with Gasteiger partial charge in [0.05, 0.1) is 12.0 Å². The number of aliphatic carboxylic acids is 1. The van der Waals surface area contributed by atoms with Crippen molar-refractivity contribution >= 4 is 12.0 Å². The van der Waals surface area contributed by atoms with Gasteiger partial charge in [-0.15, -0.1) is 0 Å². The summed E-state index contributed by atoms with van der Waals surface area (Å²) in [6.07, 6.45) is 0.418. The molecule has 2 atom stereocenters. The van der Waals surface area contributed by atoms with Crippen LogP contribution in [0, 0.1) is 12.8 Å². The van der Waals surface area contributed by atoms with E-state index >= 15 is 0 Å². The monoisotopic (exact) mass is 278 g/mol. The second-order valence-corrected chi connectivity index (χ2v) is 5.06. The average Bonchev–Trinajstić information content (AvgIpc) is 2.39. The lowest BCUT2D eigenvalue weighted by molar-refractivity contribution is -0.141. The number of carboxylic acids is 1. The zero-order valence-electron chi connectivity index (χ0n) is 12.1. The Morgan fingerprint density at radius 3 is 2.35 bits per heavy atom. The quantitative estimate of drug-likeness (QED) is 0.748. The molecule has 0 saturated heterocycles. The fraction of sp³-hybridized carbons (Fsp3) is 0.467. The van der Waals surface area contributed by atoms with E-state index in [1.54, 1.807) is 6.92 Å². The van der Waals surface area contributed by atoms with E-state index in [9.17, 15) is 9.59 Å². The van der Waals surface area contributed by atoms with E-state index in [4.69, 9.17) is 5.11 Å². The van der Waals surface area contributed by atoms with Crippen LogP contribution in [0.5, 0.6) is 0 Å². The molecule has 0 bridgehead atoms. The first-order valence-electron chi connectivity index (χ1n) is 6.74. The van der Waals surface area contributed by atoms with Crippen molar-refractivity contribution in [3.8, 4) is 0 Å². The highest BCUT2D eigenvalue weighted by Gasteiger charge is 2.12. The Morgan fingerprint density at radius 2 is 1.80 bits per heavy atom. The van der Waals surface area contributed by atoms with Crippen LogP contribution in [0.15, 0.2) is 24.3 Å². The van der Waals surface area contributed by atoms with Crippen LogP contribution in [0.2, 0.25) is 0 Å². The number of hydrogen-bond acceptors (Lipinski definition) is 2. The Bertz CT molecular complexity index is 457. The smallest absolute Gasteiger partial charge is 0.315 e. The summed E-state index contributed by atoms with van der Waals surface area (Å²) < 4.78 is 0. The molecule has 0 heterocycles. The Morgan fingerprint density at radius 1 is 1.20 bits per heavy atom. The van der Waals surface area contributed by atoms with Crippen LogP contribution in [0.4, 0.5) is 4.79 Å². The van der Waals surface area contributed by atoms with Crippen molar-refractivity contribution in [3.05, 3.63) is 35.4 Å². The van der Waals surface area contributed by atoms with Crippen molar-refractivity contribution in [1.29, 1.82) is 0 Å². The molecule has 0 aliphatic rings. The number of amides is 2. The Balaban J connectivity index is 2.35. The fourth-order valence-electron chi connectivity index (χ4n) is 1.71. The maximum Gasteiger partial charge on any atom is 0.315 e. The lowest BCUT2D eigenvalue weighted by atomic mass is 10.1. The summed E-state index contributed by atoms with van der Waals surface area (Å²) in [5, 5.41) is 14.2. The molecule has 110 valence electrons. The third-order valence-electron chi connectivity index (χ3n) is 3.21. The van der Waals surface area contributed by atoms with Gasteiger partial charge in [-0.1, -0.05) is 36.8 Å². The summed E-state index contributed by atoms with van der Waals surface area (Å²) in [7, 11) is 0.